The van der Waals surface area contributed by atoms with E-state index in [1.165, 1.54) is 0 Å². The Balaban J connectivity index is 0. The second kappa shape index (κ2) is 9.31. The van der Waals surface area contributed by atoms with Gasteiger partial charge in [0.05, 0.1) is 0 Å². The molecule has 0 nitrogen and oxygen atoms in total. The molecule has 0 N–H and O–H groups in total. The average molecular weight is 91.0 g/mol. The van der Waals surface area contributed by atoms with Crippen LogP contribution < -0.4 is 0 Å². The SMILES string of the molecule is C[CH-]C.[Ti+4]. The molecule has 0 atom stereocenters. The van der Waals surface area contributed by atoms with Gasteiger partial charge in [0.2, 0.25) is 0 Å². The van der Waals surface area contributed by atoms with Crippen LogP contribution in [-0.2, 0) is 21.7 Å². The van der Waals surface area contributed by atoms with Crippen LogP contribution in [-0.4, -0.2) is 0 Å². The summed E-state index contributed by atoms with van der Waals surface area (Å²) in [5.74, 6) is 0. The predicted molar refractivity (Wildman–Crippen MR) is 15.6 cm³/mol. The van der Waals surface area contributed by atoms with E-state index in [0.717, 1.165) is 0 Å². The summed E-state index contributed by atoms with van der Waals surface area (Å²) in [6.45, 7) is 4.00. The summed E-state index contributed by atoms with van der Waals surface area (Å²) >= 11 is 0. The smallest absolute Gasteiger partial charge is 0.335 e. The van der Waals surface area contributed by atoms with Crippen molar-refractivity contribution in [2.45, 2.75) is 13.8 Å². The van der Waals surface area contributed by atoms with Crippen LogP contribution in [0, 0.1) is 6.42 Å². The maximum Gasteiger partial charge on any atom is 4.00 e. The van der Waals surface area contributed by atoms with Crippen LogP contribution in [0.3, 0.4) is 0 Å². The molecule has 0 aliphatic rings. The molecule has 0 spiro atoms. The van der Waals surface area contributed by atoms with Crippen LogP contribution in [0.1, 0.15) is 13.8 Å². The van der Waals surface area contributed by atoms with E-state index < -0.39 is 0 Å². The van der Waals surface area contributed by atoms with Gasteiger partial charge in [-0.15, -0.1) is 0 Å². The Labute approximate surface area is 42.5 Å². The third kappa shape index (κ3) is 15.6. The normalized spacial score (nSPS) is 4.50. The number of hydrogen-bond acceptors (Lipinski definition) is 0. The summed E-state index contributed by atoms with van der Waals surface area (Å²) in [5.41, 5.74) is 0. The van der Waals surface area contributed by atoms with Crippen molar-refractivity contribution in [1.29, 1.82) is 0 Å². The van der Waals surface area contributed by atoms with E-state index in [1.807, 2.05) is 20.3 Å². The standard InChI is InChI=1S/C3H7.Ti/c1-3-2;/h3H,1-2H3;/q-1;+4. The van der Waals surface area contributed by atoms with Gasteiger partial charge in [0.15, 0.2) is 0 Å². The van der Waals surface area contributed by atoms with Crippen LogP contribution in [0.25, 0.3) is 0 Å². The molecule has 4 heavy (non-hydrogen) atoms. The van der Waals surface area contributed by atoms with E-state index in [-0.39, 0.29) is 21.7 Å². The Hall–Kier alpha value is 0.714. The molecule has 0 rings (SSSR count). The first-order chi connectivity index (χ1) is 1.41. The number of hydrogen-bond donors (Lipinski definition) is 0. The van der Waals surface area contributed by atoms with Gasteiger partial charge in [0.1, 0.15) is 0 Å². The third-order valence-corrected chi connectivity index (χ3v) is 0. The molecule has 0 aromatic rings. The molecule has 20 valence electrons. The Bertz CT molecular complexity index is 3.25. The molecule has 0 saturated heterocycles. The van der Waals surface area contributed by atoms with Gasteiger partial charge in [-0.05, 0) is 0 Å². The molecule has 0 unspecified atom stereocenters. The topological polar surface area (TPSA) is 0 Å². The molecular weight excluding hydrogens is 83.9 g/mol. The molecule has 0 aliphatic carbocycles. The molecule has 0 aliphatic heterocycles. The van der Waals surface area contributed by atoms with E-state index >= 15 is 0 Å². The maximum absolute atomic E-state index is 2.00. The van der Waals surface area contributed by atoms with E-state index in [0.29, 0.717) is 0 Å². The minimum Gasteiger partial charge on any atom is -0.335 e. The average Bonchev–Trinajstić information content (AvgIpc) is 0.918. The summed E-state index contributed by atoms with van der Waals surface area (Å²) in [6, 6.07) is 0. The van der Waals surface area contributed by atoms with E-state index in [4.69, 9.17) is 0 Å². The van der Waals surface area contributed by atoms with Crippen LogP contribution >= 0.6 is 0 Å². The molecule has 0 bridgehead atoms. The molecular formula is C3H7Ti+3. The fourth-order valence-electron chi connectivity index (χ4n) is 0. The zero-order valence-corrected chi connectivity index (χ0v) is 4.64. The van der Waals surface area contributed by atoms with Crippen molar-refractivity contribution in [2.75, 3.05) is 0 Å². The van der Waals surface area contributed by atoms with Crippen molar-refractivity contribution in [3.05, 3.63) is 6.42 Å². The van der Waals surface area contributed by atoms with Gasteiger partial charge in [-0.3, -0.25) is 0 Å². The van der Waals surface area contributed by atoms with Crippen molar-refractivity contribution < 1.29 is 21.7 Å². The van der Waals surface area contributed by atoms with E-state index in [2.05, 4.69) is 0 Å². The first-order valence-corrected chi connectivity index (χ1v) is 1.15. The number of rotatable bonds is 0. The molecule has 0 aromatic carbocycles. The fourth-order valence-corrected chi connectivity index (χ4v) is 0. The molecule has 0 fully saturated rings. The quantitative estimate of drug-likeness (QED) is 0.310. The summed E-state index contributed by atoms with van der Waals surface area (Å²) in [4.78, 5) is 0. The zero-order chi connectivity index (χ0) is 2.71. The molecule has 1 heteroatoms. The molecule has 0 amide bonds. The van der Waals surface area contributed by atoms with Gasteiger partial charge in [-0.2, -0.15) is 13.8 Å². The Morgan fingerprint density at radius 3 is 1.25 bits per heavy atom. The summed E-state index contributed by atoms with van der Waals surface area (Å²) in [7, 11) is 0. The third-order valence-electron chi connectivity index (χ3n) is 0. The predicted octanol–water partition coefficient (Wildman–Crippen LogP) is 1.23. The van der Waals surface area contributed by atoms with Gasteiger partial charge in [0, 0.05) is 0 Å². The largest absolute Gasteiger partial charge is 4.00 e. The maximum atomic E-state index is 2.00. The van der Waals surface area contributed by atoms with Crippen molar-refractivity contribution in [3.8, 4) is 0 Å². The van der Waals surface area contributed by atoms with Gasteiger partial charge in [-0.1, -0.05) is 0 Å². The van der Waals surface area contributed by atoms with Crippen LogP contribution in [0.2, 0.25) is 0 Å². The molecule has 0 aromatic heterocycles. The van der Waals surface area contributed by atoms with Gasteiger partial charge in [-0.25, -0.2) is 0 Å². The van der Waals surface area contributed by atoms with Crippen LogP contribution in [0.5, 0.6) is 0 Å². The second-order valence-electron chi connectivity index (χ2n) is 0.577. The first-order valence-electron chi connectivity index (χ1n) is 1.15. The van der Waals surface area contributed by atoms with Crippen LogP contribution in [0.4, 0.5) is 0 Å². The summed E-state index contributed by atoms with van der Waals surface area (Å²) in [6.07, 6.45) is 2.00. The second-order valence-corrected chi connectivity index (χ2v) is 0.577. The monoisotopic (exact) mass is 91.0 g/mol. The van der Waals surface area contributed by atoms with Crippen LogP contribution in [0.15, 0.2) is 0 Å². The summed E-state index contributed by atoms with van der Waals surface area (Å²) < 4.78 is 0. The minimum atomic E-state index is 0. The van der Waals surface area contributed by atoms with Crippen molar-refractivity contribution >= 4 is 0 Å². The Morgan fingerprint density at radius 2 is 1.25 bits per heavy atom. The molecule has 0 radical (unpaired) electrons. The van der Waals surface area contributed by atoms with Crippen molar-refractivity contribution in [2.24, 2.45) is 0 Å². The van der Waals surface area contributed by atoms with Gasteiger partial charge in [0.25, 0.3) is 0 Å². The van der Waals surface area contributed by atoms with Crippen molar-refractivity contribution in [3.63, 3.8) is 0 Å². The first kappa shape index (κ1) is 8.83. The van der Waals surface area contributed by atoms with Gasteiger partial charge < -0.3 is 6.42 Å². The summed E-state index contributed by atoms with van der Waals surface area (Å²) in [5, 5.41) is 0. The Kier molecular flexibility index (Phi) is 20.6. The molecule has 0 heterocycles. The molecule has 0 saturated carbocycles. The van der Waals surface area contributed by atoms with Crippen molar-refractivity contribution in [1.82, 2.24) is 0 Å². The van der Waals surface area contributed by atoms with E-state index in [9.17, 15) is 0 Å². The minimum absolute atomic E-state index is 0. The Morgan fingerprint density at radius 1 is 1.25 bits per heavy atom. The van der Waals surface area contributed by atoms with E-state index in [1.54, 1.807) is 0 Å². The van der Waals surface area contributed by atoms with Gasteiger partial charge >= 0.3 is 21.7 Å². The zero-order valence-electron chi connectivity index (χ0n) is 3.08. The fraction of sp³-hybridized carbons (Fsp3) is 0.667.